The van der Waals surface area contributed by atoms with Gasteiger partial charge in [0, 0.05) is 30.6 Å². The molecular weight excluding hydrogens is 392 g/mol. The lowest BCUT2D eigenvalue weighted by atomic mass is 10.0. The molecule has 1 fully saturated rings. The summed E-state index contributed by atoms with van der Waals surface area (Å²) in [5.41, 5.74) is 5.11. The fourth-order valence-electron chi connectivity index (χ4n) is 4.14. The Morgan fingerprint density at radius 1 is 1.10 bits per heavy atom. The molecule has 164 valence electrons. The summed E-state index contributed by atoms with van der Waals surface area (Å²) < 4.78 is 16.8. The van der Waals surface area contributed by atoms with Gasteiger partial charge in [-0.25, -0.2) is 0 Å². The first-order chi connectivity index (χ1) is 15.0. The smallest absolute Gasteiger partial charge is 0.287 e. The average Bonchev–Trinajstić information content (AvgIpc) is 3.10. The fraction of sp³-hybridized carbons (Fsp3) is 0.400. The summed E-state index contributed by atoms with van der Waals surface area (Å²) in [6.45, 7) is 9.60. The number of hydrogen-bond donors (Lipinski definition) is 1. The Kier molecular flexibility index (Phi) is 6.30. The maximum absolute atomic E-state index is 13.1. The molecule has 2 aromatic carbocycles. The van der Waals surface area contributed by atoms with Crippen molar-refractivity contribution in [3.8, 4) is 5.75 Å². The highest BCUT2D eigenvalue weighted by atomic mass is 16.5. The number of rotatable bonds is 6. The minimum absolute atomic E-state index is 0.0490. The maximum Gasteiger partial charge on any atom is 0.287 e. The predicted octanol–water partition coefficient (Wildman–Crippen LogP) is 4.17. The zero-order chi connectivity index (χ0) is 22.0. The second-order valence-corrected chi connectivity index (χ2v) is 8.14. The van der Waals surface area contributed by atoms with Crippen LogP contribution >= 0.6 is 0 Å². The van der Waals surface area contributed by atoms with Gasteiger partial charge in [-0.2, -0.15) is 0 Å². The molecule has 0 unspecified atom stereocenters. The van der Waals surface area contributed by atoms with Crippen LogP contribution in [0.2, 0.25) is 0 Å². The highest BCUT2D eigenvalue weighted by Gasteiger charge is 2.25. The molecule has 0 spiro atoms. The number of benzene rings is 2. The van der Waals surface area contributed by atoms with E-state index in [2.05, 4.69) is 35.3 Å². The van der Waals surface area contributed by atoms with Crippen LogP contribution in [0.3, 0.4) is 0 Å². The normalized spacial score (nSPS) is 15.7. The molecule has 1 amide bonds. The lowest BCUT2D eigenvalue weighted by Crippen LogP contribution is -2.43. The fourth-order valence-corrected chi connectivity index (χ4v) is 4.14. The molecule has 0 saturated carbocycles. The Labute approximate surface area is 183 Å². The minimum Gasteiger partial charge on any atom is -0.497 e. The van der Waals surface area contributed by atoms with Gasteiger partial charge in [0.2, 0.25) is 0 Å². The molecule has 1 aliphatic heterocycles. The first-order valence-electron chi connectivity index (χ1n) is 10.7. The van der Waals surface area contributed by atoms with Crippen LogP contribution in [-0.4, -0.2) is 50.8 Å². The highest BCUT2D eigenvalue weighted by molar-refractivity contribution is 5.99. The van der Waals surface area contributed by atoms with Gasteiger partial charge in [-0.05, 0) is 61.7 Å². The lowest BCUT2D eigenvalue weighted by molar-refractivity contribution is 0.0161. The van der Waals surface area contributed by atoms with Crippen LogP contribution in [0.5, 0.6) is 5.75 Å². The number of nitrogens with one attached hydrogen (secondary N) is 1. The van der Waals surface area contributed by atoms with Crippen molar-refractivity contribution in [3.63, 3.8) is 0 Å². The van der Waals surface area contributed by atoms with Gasteiger partial charge < -0.3 is 19.2 Å². The number of aryl methyl sites for hydroxylation is 3. The summed E-state index contributed by atoms with van der Waals surface area (Å²) in [4.78, 5) is 15.4. The van der Waals surface area contributed by atoms with Crippen molar-refractivity contribution >= 4 is 16.9 Å². The van der Waals surface area contributed by atoms with Crippen LogP contribution in [0, 0.1) is 20.8 Å². The number of fused-ring (bicyclic) bond motifs is 1. The van der Waals surface area contributed by atoms with Crippen molar-refractivity contribution in [2.45, 2.75) is 26.8 Å². The van der Waals surface area contributed by atoms with Gasteiger partial charge in [0.05, 0.1) is 26.4 Å². The Balaban J connectivity index is 1.55. The maximum atomic E-state index is 13.1. The molecular formula is C25H30N2O4. The van der Waals surface area contributed by atoms with Gasteiger partial charge in [0.25, 0.3) is 5.91 Å². The van der Waals surface area contributed by atoms with E-state index in [1.165, 1.54) is 5.56 Å². The summed E-state index contributed by atoms with van der Waals surface area (Å²) >= 11 is 0. The van der Waals surface area contributed by atoms with Gasteiger partial charge in [-0.15, -0.1) is 0 Å². The van der Waals surface area contributed by atoms with E-state index in [0.29, 0.717) is 25.5 Å². The Morgan fingerprint density at radius 3 is 2.45 bits per heavy atom. The van der Waals surface area contributed by atoms with Crippen LogP contribution in [0.1, 0.15) is 38.9 Å². The molecule has 1 aliphatic rings. The minimum atomic E-state index is -0.184. The Hall–Kier alpha value is -2.83. The molecule has 6 nitrogen and oxygen atoms in total. The zero-order valence-corrected chi connectivity index (χ0v) is 18.7. The van der Waals surface area contributed by atoms with E-state index in [1.54, 1.807) is 7.11 Å². The molecule has 1 saturated heterocycles. The van der Waals surface area contributed by atoms with Crippen molar-refractivity contribution in [1.82, 2.24) is 10.2 Å². The van der Waals surface area contributed by atoms with Crippen LogP contribution in [-0.2, 0) is 4.74 Å². The number of hydrogen-bond acceptors (Lipinski definition) is 5. The van der Waals surface area contributed by atoms with Crippen molar-refractivity contribution < 1.29 is 18.7 Å². The van der Waals surface area contributed by atoms with Crippen molar-refractivity contribution in [2.24, 2.45) is 0 Å². The molecule has 1 N–H and O–H groups in total. The molecule has 0 bridgehead atoms. The van der Waals surface area contributed by atoms with Crippen molar-refractivity contribution in [3.05, 3.63) is 64.4 Å². The standard InChI is InChI=1S/C25H30N2O4/c1-16-13-21-18(3)24(31-23(21)14-17(16)2)25(28)26-15-22(27-9-11-30-12-10-27)19-5-7-20(29-4)8-6-19/h5-8,13-14,22H,9-12,15H2,1-4H3,(H,26,28)/t22-/m1/s1. The largest absolute Gasteiger partial charge is 0.497 e. The van der Waals surface area contributed by atoms with Crippen molar-refractivity contribution in [1.29, 1.82) is 0 Å². The molecule has 0 aliphatic carbocycles. The number of ether oxygens (including phenoxy) is 2. The molecule has 6 heteroatoms. The van der Waals surface area contributed by atoms with Crippen molar-refractivity contribution in [2.75, 3.05) is 40.0 Å². The highest BCUT2D eigenvalue weighted by Crippen LogP contribution is 2.28. The van der Waals surface area contributed by atoms with E-state index in [-0.39, 0.29) is 11.9 Å². The number of methoxy groups -OCH3 is 1. The van der Waals surface area contributed by atoms with E-state index in [0.717, 1.165) is 46.5 Å². The number of carbonyl (C=O) groups excluding carboxylic acids is 1. The lowest BCUT2D eigenvalue weighted by Gasteiger charge is -2.35. The van der Waals surface area contributed by atoms with E-state index >= 15 is 0 Å². The molecule has 1 atom stereocenters. The second-order valence-electron chi connectivity index (χ2n) is 8.14. The topological polar surface area (TPSA) is 63.9 Å². The first-order valence-corrected chi connectivity index (χ1v) is 10.7. The summed E-state index contributed by atoms with van der Waals surface area (Å²) in [6.07, 6.45) is 0. The van der Waals surface area contributed by atoms with E-state index in [4.69, 9.17) is 13.9 Å². The molecule has 1 aromatic heterocycles. The molecule has 31 heavy (non-hydrogen) atoms. The molecule has 2 heterocycles. The van der Waals surface area contributed by atoms with Gasteiger partial charge >= 0.3 is 0 Å². The second kappa shape index (κ2) is 9.12. The van der Waals surface area contributed by atoms with E-state index < -0.39 is 0 Å². The SMILES string of the molecule is COc1ccc([C@@H](CNC(=O)c2oc3cc(C)c(C)cc3c2C)N2CCOCC2)cc1. The summed E-state index contributed by atoms with van der Waals surface area (Å²) in [5.74, 6) is 1.02. The van der Waals surface area contributed by atoms with Gasteiger partial charge in [-0.3, -0.25) is 9.69 Å². The average molecular weight is 423 g/mol. The number of carbonyl (C=O) groups is 1. The summed E-state index contributed by atoms with van der Waals surface area (Å²) in [6, 6.07) is 12.2. The first kappa shape index (κ1) is 21.4. The summed E-state index contributed by atoms with van der Waals surface area (Å²) in [7, 11) is 1.66. The molecule has 3 aromatic rings. The summed E-state index contributed by atoms with van der Waals surface area (Å²) in [5, 5.41) is 4.10. The van der Waals surface area contributed by atoms with Gasteiger partial charge in [0.1, 0.15) is 11.3 Å². The third-order valence-electron chi connectivity index (χ3n) is 6.20. The third-order valence-corrected chi connectivity index (χ3v) is 6.20. The third kappa shape index (κ3) is 4.45. The van der Waals surface area contributed by atoms with Crippen LogP contribution in [0.15, 0.2) is 40.8 Å². The zero-order valence-electron chi connectivity index (χ0n) is 18.7. The number of morpholine rings is 1. The Morgan fingerprint density at radius 2 is 1.77 bits per heavy atom. The monoisotopic (exact) mass is 422 g/mol. The van der Waals surface area contributed by atoms with Gasteiger partial charge in [0.15, 0.2) is 5.76 Å². The number of amides is 1. The van der Waals surface area contributed by atoms with E-state index in [1.807, 2.05) is 32.0 Å². The van der Waals surface area contributed by atoms with Crippen LogP contribution in [0.4, 0.5) is 0 Å². The number of nitrogens with zero attached hydrogens (tertiary/aromatic N) is 1. The van der Waals surface area contributed by atoms with Gasteiger partial charge in [-0.1, -0.05) is 12.1 Å². The molecule has 4 rings (SSSR count). The number of furan rings is 1. The Bertz CT molecular complexity index is 1070. The quantitative estimate of drug-likeness (QED) is 0.646. The van der Waals surface area contributed by atoms with Crippen LogP contribution in [0.25, 0.3) is 11.0 Å². The predicted molar refractivity (Wildman–Crippen MR) is 121 cm³/mol. The van der Waals surface area contributed by atoms with E-state index in [9.17, 15) is 4.79 Å². The van der Waals surface area contributed by atoms with Crippen LogP contribution < -0.4 is 10.1 Å². The molecule has 0 radical (unpaired) electrons.